The molecule has 0 bridgehead atoms. The zero-order valence-electron chi connectivity index (χ0n) is 10.7. The van der Waals surface area contributed by atoms with Crippen molar-refractivity contribution in [3.05, 3.63) is 58.5 Å². The van der Waals surface area contributed by atoms with E-state index in [2.05, 4.69) is 10.3 Å². The number of nitrogens with zero attached hydrogens (tertiary/aromatic N) is 2. The van der Waals surface area contributed by atoms with Gasteiger partial charge in [-0.1, -0.05) is 23.7 Å². The summed E-state index contributed by atoms with van der Waals surface area (Å²) in [6.45, 7) is 0. The molecule has 0 aliphatic rings. The Morgan fingerprint density at radius 2 is 2.10 bits per heavy atom. The molecular weight excluding hydrogens is 295 g/mol. The van der Waals surface area contributed by atoms with E-state index in [0.717, 1.165) is 0 Å². The molecule has 7 heteroatoms. The summed E-state index contributed by atoms with van der Waals surface area (Å²) in [5, 5.41) is 11.7. The largest absolute Gasteiger partial charge is 0.368 e. The Labute approximate surface area is 125 Å². The highest BCUT2D eigenvalue weighted by atomic mass is 35.5. The number of pyridine rings is 1. The first-order valence-corrected chi connectivity index (χ1v) is 6.26. The second-order valence-electron chi connectivity index (χ2n) is 4.20. The van der Waals surface area contributed by atoms with Crippen LogP contribution in [0.15, 0.2) is 36.5 Å². The Morgan fingerprint density at radius 3 is 2.62 bits per heavy atom. The highest BCUT2D eigenvalue weighted by molar-refractivity contribution is 6.33. The number of benzene rings is 1. The van der Waals surface area contributed by atoms with Gasteiger partial charge in [0.25, 0.3) is 0 Å². The monoisotopic (exact) mass is 304 g/mol. The van der Waals surface area contributed by atoms with Gasteiger partial charge in [-0.25, -0.2) is 9.37 Å². The zero-order valence-corrected chi connectivity index (χ0v) is 11.4. The topological polar surface area (TPSA) is 91.8 Å². The van der Waals surface area contributed by atoms with E-state index >= 15 is 0 Å². The number of primary amides is 1. The lowest BCUT2D eigenvalue weighted by molar-refractivity contribution is -0.118. The predicted octanol–water partition coefficient (Wildman–Crippen LogP) is 2.38. The van der Waals surface area contributed by atoms with Crippen LogP contribution in [0.4, 0.5) is 10.2 Å². The van der Waals surface area contributed by atoms with Crippen LogP contribution < -0.4 is 11.1 Å². The lowest BCUT2D eigenvalue weighted by Gasteiger charge is -2.17. The highest BCUT2D eigenvalue weighted by Crippen LogP contribution is 2.25. The fourth-order valence-corrected chi connectivity index (χ4v) is 1.94. The Morgan fingerprint density at radius 1 is 1.43 bits per heavy atom. The van der Waals surface area contributed by atoms with Gasteiger partial charge in [-0.15, -0.1) is 0 Å². The van der Waals surface area contributed by atoms with E-state index in [9.17, 15) is 9.18 Å². The summed E-state index contributed by atoms with van der Waals surface area (Å²) in [4.78, 5) is 15.5. The van der Waals surface area contributed by atoms with Crippen molar-refractivity contribution in [3.8, 4) is 6.07 Å². The highest BCUT2D eigenvalue weighted by Gasteiger charge is 2.19. The molecule has 21 heavy (non-hydrogen) atoms. The molecule has 3 N–H and O–H groups in total. The molecule has 1 aromatic carbocycles. The smallest absolute Gasteiger partial charge is 0.244 e. The average molecular weight is 305 g/mol. The molecule has 0 saturated heterocycles. The molecule has 0 fully saturated rings. The van der Waals surface area contributed by atoms with Crippen molar-refractivity contribution in [2.24, 2.45) is 5.73 Å². The van der Waals surface area contributed by atoms with Crippen LogP contribution in [0.1, 0.15) is 17.2 Å². The third-order valence-electron chi connectivity index (χ3n) is 2.74. The summed E-state index contributed by atoms with van der Waals surface area (Å²) in [5.41, 5.74) is 6.11. The van der Waals surface area contributed by atoms with Gasteiger partial charge in [0.2, 0.25) is 5.91 Å². The van der Waals surface area contributed by atoms with Gasteiger partial charge in [0.1, 0.15) is 23.7 Å². The van der Waals surface area contributed by atoms with E-state index in [4.69, 9.17) is 22.6 Å². The van der Waals surface area contributed by atoms with Crippen LogP contribution in [0.5, 0.6) is 0 Å². The molecular formula is C14H10ClFN4O. The van der Waals surface area contributed by atoms with Gasteiger partial charge in [-0.3, -0.25) is 4.79 Å². The molecule has 1 atom stereocenters. The molecule has 0 saturated carbocycles. The van der Waals surface area contributed by atoms with Crippen molar-refractivity contribution < 1.29 is 9.18 Å². The van der Waals surface area contributed by atoms with Gasteiger partial charge in [0.15, 0.2) is 0 Å². The number of halogens is 2. The average Bonchev–Trinajstić information content (AvgIpc) is 2.46. The van der Waals surface area contributed by atoms with Crippen LogP contribution in [-0.4, -0.2) is 10.9 Å². The van der Waals surface area contributed by atoms with Gasteiger partial charge in [-0.05, 0) is 23.8 Å². The molecule has 1 unspecified atom stereocenters. The minimum atomic E-state index is -0.913. The number of carbonyl (C=O) groups excluding carboxylic acids is 1. The fourth-order valence-electron chi connectivity index (χ4n) is 1.72. The van der Waals surface area contributed by atoms with Gasteiger partial charge < -0.3 is 11.1 Å². The van der Waals surface area contributed by atoms with E-state index in [0.29, 0.717) is 11.1 Å². The molecule has 0 aliphatic heterocycles. The van der Waals surface area contributed by atoms with Crippen LogP contribution in [0.3, 0.4) is 0 Å². The van der Waals surface area contributed by atoms with E-state index in [1.54, 1.807) is 0 Å². The number of anilines is 1. The molecule has 0 aliphatic carbocycles. The first kappa shape index (κ1) is 14.8. The number of carbonyl (C=O) groups is 1. The summed E-state index contributed by atoms with van der Waals surface area (Å²) in [5.74, 6) is -0.871. The molecule has 1 heterocycles. The van der Waals surface area contributed by atoms with Crippen molar-refractivity contribution in [3.63, 3.8) is 0 Å². The first-order chi connectivity index (χ1) is 10.0. The number of rotatable bonds is 4. The SMILES string of the molecule is N#Cc1cnc(NC(C(N)=O)c2ccc(F)cc2)c(Cl)c1. The van der Waals surface area contributed by atoms with E-state index < -0.39 is 17.8 Å². The van der Waals surface area contributed by atoms with Crippen LogP contribution in [0, 0.1) is 17.1 Å². The summed E-state index contributed by atoms with van der Waals surface area (Å²) in [6, 6.07) is 7.73. The summed E-state index contributed by atoms with van der Waals surface area (Å²) >= 11 is 5.98. The molecule has 5 nitrogen and oxygen atoms in total. The maximum atomic E-state index is 12.9. The van der Waals surface area contributed by atoms with Crippen molar-refractivity contribution >= 4 is 23.3 Å². The van der Waals surface area contributed by atoms with Crippen LogP contribution in [0.2, 0.25) is 5.02 Å². The Bertz CT molecular complexity index is 712. The number of nitrogens with one attached hydrogen (secondary N) is 1. The zero-order chi connectivity index (χ0) is 15.4. The van der Waals surface area contributed by atoms with Crippen molar-refractivity contribution in [2.45, 2.75) is 6.04 Å². The molecule has 106 valence electrons. The maximum absolute atomic E-state index is 12.9. The molecule has 1 amide bonds. The van der Waals surface area contributed by atoms with E-state index in [-0.39, 0.29) is 10.8 Å². The molecule has 0 radical (unpaired) electrons. The quantitative estimate of drug-likeness (QED) is 0.907. The van der Waals surface area contributed by atoms with Crippen molar-refractivity contribution in [2.75, 3.05) is 5.32 Å². The van der Waals surface area contributed by atoms with Gasteiger partial charge >= 0.3 is 0 Å². The first-order valence-electron chi connectivity index (χ1n) is 5.88. The number of aromatic nitrogens is 1. The fraction of sp³-hybridized carbons (Fsp3) is 0.0714. The lowest BCUT2D eigenvalue weighted by atomic mass is 10.1. The normalized spacial score (nSPS) is 11.5. The van der Waals surface area contributed by atoms with Gasteiger partial charge in [-0.2, -0.15) is 5.26 Å². The molecule has 0 spiro atoms. The van der Waals surface area contributed by atoms with Gasteiger partial charge in [0.05, 0.1) is 10.6 Å². The summed E-state index contributed by atoms with van der Waals surface area (Å²) in [7, 11) is 0. The molecule has 2 aromatic rings. The van der Waals surface area contributed by atoms with Crippen molar-refractivity contribution in [1.29, 1.82) is 5.26 Å². The Hall–Kier alpha value is -2.65. The van der Waals surface area contributed by atoms with E-state index in [1.807, 2.05) is 6.07 Å². The number of amides is 1. The second kappa shape index (κ2) is 6.20. The predicted molar refractivity (Wildman–Crippen MR) is 75.9 cm³/mol. The van der Waals surface area contributed by atoms with Crippen molar-refractivity contribution in [1.82, 2.24) is 4.98 Å². The van der Waals surface area contributed by atoms with Crippen LogP contribution >= 0.6 is 11.6 Å². The lowest BCUT2D eigenvalue weighted by Crippen LogP contribution is -2.28. The van der Waals surface area contributed by atoms with Gasteiger partial charge in [0, 0.05) is 6.20 Å². The maximum Gasteiger partial charge on any atom is 0.244 e. The number of nitriles is 1. The Balaban J connectivity index is 2.31. The van der Waals surface area contributed by atoms with E-state index in [1.165, 1.54) is 36.5 Å². The Kier molecular flexibility index (Phi) is 4.36. The standard InChI is InChI=1S/C14H10ClFN4O/c15-11-5-8(6-17)7-19-14(11)20-12(13(18)21)9-1-3-10(16)4-2-9/h1-5,7,12H,(H2,18,21)(H,19,20). The summed E-state index contributed by atoms with van der Waals surface area (Å²) in [6.07, 6.45) is 1.32. The van der Waals surface area contributed by atoms with Crippen LogP contribution in [-0.2, 0) is 4.79 Å². The van der Waals surface area contributed by atoms with Crippen LogP contribution in [0.25, 0.3) is 0 Å². The molecule has 1 aromatic heterocycles. The molecule has 2 rings (SSSR count). The third-order valence-corrected chi connectivity index (χ3v) is 3.03. The minimum absolute atomic E-state index is 0.183. The minimum Gasteiger partial charge on any atom is -0.368 e. The summed E-state index contributed by atoms with van der Waals surface area (Å²) < 4.78 is 12.9. The number of nitrogens with two attached hydrogens (primary N) is 1. The third kappa shape index (κ3) is 3.46. The number of hydrogen-bond donors (Lipinski definition) is 2. The second-order valence-corrected chi connectivity index (χ2v) is 4.60. The number of hydrogen-bond acceptors (Lipinski definition) is 4.